The predicted octanol–water partition coefficient (Wildman–Crippen LogP) is 4.33. The number of nitrogens with two attached hydrogens (primary N) is 1. The van der Waals surface area contributed by atoms with Crippen LogP contribution in [-0.4, -0.2) is 25.6 Å². The van der Waals surface area contributed by atoms with E-state index in [9.17, 15) is 31.2 Å². The topological polar surface area (TPSA) is 106 Å². The fourth-order valence-electron chi connectivity index (χ4n) is 8.12. The molecule has 6 rings (SSSR count). The Morgan fingerprint density at radius 2 is 1.63 bits per heavy atom. The second-order valence-electron chi connectivity index (χ2n) is 11.6. The summed E-state index contributed by atoms with van der Waals surface area (Å²) in [6.45, 7) is 0. The van der Waals surface area contributed by atoms with Crippen molar-refractivity contribution in [2.24, 2.45) is 28.4 Å². The molecule has 2 unspecified atom stereocenters. The van der Waals surface area contributed by atoms with E-state index in [2.05, 4.69) is 4.72 Å². The first-order chi connectivity index (χ1) is 16.3. The number of sulfonamides is 1. The average Bonchev–Trinajstić information content (AvgIpc) is 3.21. The summed E-state index contributed by atoms with van der Waals surface area (Å²) in [6.07, 6.45) is 1.68. The van der Waals surface area contributed by atoms with Crippen molar-refractivity contribution in [2.45, 2.75) is 87.2 Å². The first-order valence-corrected chi connectivity index (χ1v) is 13.8. The first-order valence-electron chi connectivity index (χ1n) is 12.3. The van der Waals surface area contributed by atoms with Crippen LogP contribution in [0.25, 0.3) is 0 Å². The smallest absolute Gasteiger partial charge is 0.369 e. The number of Topliss-reactive ketones (excluding diaryl/α,β-unsaturated/α-hetero) is 1. The van der Waals surface area contributed by atoms with E-state index >= 15 is 0 Å². The van der Waals surface area contributed by atoms with E-state index < -0.39 is 43.0 Å². The molecule has 2 atom stereocenters. The molecule has 5 fully saturated rings. The molecule has 35 heavy (non-hydrogen) atoms. The van der Waals surface area contributed by atoms with Crippen molar-refractivity contribution in [3.05, 3.63) is 29.8 Å². The van der Waals surface area contributed by atoms with Crippen LogP contribution >= 0.6 is 0 Å². The van der Waals surface area contributed by atoms with E-state index in [1.54, 1.807) is 0 Å². The van der Waals surface area contributed by atoms with Gasteiger partial charge < -0.3 is 5.73 Å². The average molecular weight is 513 g/mol. The fourth-order valence-corrected chi connectivity index (χ4v) is 9.79. The third kappa shape index (κ3) is 4.20. The summed E-state index contributed by atoms with van der Waals surface area (Å²) in [7, 11) is -4.62. The van der Waals surface area contributed by atoms with Gasteiger partial charge in [0.1, 0.15) is 0 Å². The van der Waals surface area contributed by atoms with Gasteiger partial charge in [0.15, 0.2) is 5.78 Å². The van der Waals surface area contributed by atoms with E-state index in [0.29, 0.717) is 31.1 Å². The van der Waals surface area contributed by atoms with Gasteiger partial charge in [-0.3, -0.25) is 9.59 Å². The van der Waals surface area contributed by atoms with E-state index in [-0.39, 0.29) is 31.0 Å². The monoisotopic (exact) mass is 512 g/mol. The lowest BCUT2D eigenvalue weighted by Crippen LogP contribution is -2.59. The molecule has 3 N–H and O–H groups in total. The zero-order valence-electron chi connectivity index (χ0n) is 19.5. The van der Waals surface area contributed by atoms with Crippen molar-refractivity contribution < 1.29 is 31.2 Å². The Kier molecular flexibility index (Phi) is 5.68. The Morgan fingerprint density at radius 3 is 2.20 bits per heavy atom. The summed E-state index contributed by atoms with van der Waals surface area (Å²) in [5.41, 5.74) is 2.14. The molecule has 1 aromatic rings. The Bertz CT molecular complexity index is 1140. The van der Waals surface area contributed by atoms with Crippen LogP contribution in [0.3, 0.4) is 0 Å². The lowest BCUT2D eigenvalue weighted by atomic mass is 9.43. The summed E-state index contributed by atoms with van der Waals surface area (Å²) in [5.74, 6) is 0.0611. The molecular formula is C25H31F3N2O4S. The zero-order valence-corrected chi connectivity index (χ0v) is 20.3. The second kappa shape index (κ2) is 8.03. The highest BCUT2D eigenvalue weighted by Gasteiger charge is 2.61. The quantitative estimate of drug-likeness (QED) is 0.567. The molecule has 5 aliphatic carbocycles. The number of hydrogen-bond donors (Lipinski definition) is 2. The molecule has 0 heterocycles. The van der Waals surface area contributed by atoms with Gasteiger partial charge in [-0.2, -0.15) is 17.9 Å². The second-order valence-corrected chi connectivity index (χ2v) is 13.2. The minimum absolute atomic E-state index is 0.123. The molecule has 4 bridgehead atoms. The first kappa shape index (κ1) is 24.7. The molecule has 5 aliphatic rings. The summed E-state index contributed by atoms with van der Waals surface area (Å²) in [4.78, 5) is 25.4. The third-order valence-corrected chi connectivity index (χ3v) is 10.6. The van der Waals surface area contributed by atoms with Crippen molar-refractivity contribution in [1.82, 2.24) is 4.72 Å². The number of benzene rings is 1. The number of alkyl halides is 3. The van der Waals surface area contributed by atoms with Crippen LogP contribution in [0.5, 0.6) is 0 Å². The number of amides is 1. The minimum Gasteiger partial charge on any atom is -0.369 e. The summed E-state index contributed by atoms with van der Waals surface area (Å²) >= 11 is 0. The highest BCUT2D eigenvalue weighted by molar-refractivity contribution is 7.89. The SMILES string of the molecule is NC(=O)C12CC3CC(CC(CC(=O)C4(NS(=O)(=O)c5ccccc5C(F)(F)F)CCCC4)(C3)C1)C2. The van der Waals surface area contributed by atoms with Gasteiger partial charge >= 0.3 is 6.18 Å². The Labute approximate surface area is 203 Å². The molecule has 5 saturated carbocycles. The van der Waals surface area contributed by atoms with Gasteiger partial charge in [0.2, 0.25) is 15.9 Å². The van der Waals surface area contributed by atoms with Gasteiger partial charge in [-0.05, 0) is 80.8 Å². The van der Waals surface area contributed by atoms with Crippen molar-refractivity contribution in [3.8, 4) is 0 Å². The largest absolute Gasteiger partial charge is 0.417 e. The maximum atomic E-state index is 13.9. The van der Waals surface area contributed by atoms with Gasteiger partial charge in [0.25, 0.3) is 0 Å². The Morgan fingerprint density at radius 1 is 1.03 bits per heavy atom. The Balaban J connectivity index is 1.44. The van der Waals surface area contributed by atoms with E-state index in [1.807, 2.05) is 0 Å². The lowest BCUT2D eigenvalue weighted by molar-refractivity contribution is -0.159. The van der Waals surface area contributed by atoms with Crippen molar-refractivity contribution in [3.63, 3.8) is 0 Å². The number of rotatable bonds is 7. The van der Waals surface area contributed by atoms with Gasteiger partial charge in [-0.1, -0.05) is 25.0 Å². The number of carbonyl (C=O) groups excluding carboxylic acids is 2. The van der Waals surface area contributed by atoms with Crippen LogP contribution in [0, 0.1) is 22.7 Å². The summed E-state index contributed by atoms with van der Waals surface area (Å²) in [5, 5.41) is 0. The number of halogens is 3. The Hall–Kier alpha value is -1.94. The molecular weight excluding hydrogens is 481 g/mol. The number of primary amides is 1. The maximum absolute atomic E-state index is 13.9. The molecule has 0 aliphatic heterocycles. The fraction of sp³-hybridized carbons (Fsp3) is 0.680. The van der Waals surface area contributed by atoms with Gasteiger partial charge in [0, 0.05) is 6.42 Å². The standard InChI is InChI=1S/C25H31F3N2O4S/c26-25(27,28)18-5-1-2-6-19(18)35(33,34)30-24(7-3-4-8-24)20(31)14-22-10-16-9-17(11-22)13-23(12-16,15-22)21(29)32/h1-2,5-6,16-17,30H,3-4,7-15H2,(H2,29,32). The molecule has 0 radical (unpaired) electrons. The zero-order chi connectivity index (χ0) is 25.3. The van der Waals surface area contributed by atoms with Crippen molar-refractivity contribution in [1.29, 1.82) is 0 Å². The van der Waals surface area contributed by atoms with E-state index in [4.69, 9.17) is 5.73 Å². The summed E-state index contributed by atoms with van der Waals surface area (Å²) in [6, 6.07) is 4.04. The number of nitrogens with one attached hydrogen (secondary N) is 1. The van der Waals surface area contributed by atoms with Gasteiger partial charge in [0.05, 0.1) is 21.4 Å². The van der Waals surface area contributed by atoms with Crippen molar-refractivity contribution >= 4 is 21.7 Å². The number of ketones is 1. The van der Waals surface area contributed by atoms with Gasteiger partial charge in [-0.25, -0.2) is 8.42 Å². The number of carbonyl (C=O) groups is 2. The van der Waals surface area contributed by atoms with E-state index in [0.717, 1.165) is 50.3 Å². The molecule has 0 spiro atoms. The maximum Gasteiger partial charge on any atom is 0.417 e. The van der Waals surface area contributed by atoms with Crippen LogP contribution in [0.1, 0.15) is 76.2 Å². The van der Waals surface area contributed by atoms with E-state index in [1.165, 1.54) is 6.07 Å². The lowest BCUT2D eigenvalue weighted by Gasteiger charge is -2.61. The van der Waals surface area contributed by atoms with Crippen LogP contribution in [0.2, 0.25) is 0 Å². The van der Waals surface area contributed by atoms with Crippen LogP contribution < -0.4 is 10.5 Å². The summed E-state index contributed by atoms with van der Waals surface area (Å²) < 4.78 is 69.6. The predicted molar refractivity (Wildman–Crippen MR) is 121 cm³/mol. The molecule has 0 saturated heterocycles. The van der Waals surface area contributed by atoms with Crippen molar-refractivity contribution in [2.75, 3.05) is 0 Å². The molecule has 0 aromatic heterocycles. The van der Waals surface area contributed by atoms with Crippen LogP contribution in [-0.2, 0) is 25.8 Å². The molecule has 1 amide bonds. The molecule has 1 aromatic carbocycles. The van der Waals surface area contributed by atoms with Gasteiger partial charge in [-0.15, -0.1) is 0 Å². The molecule has 6 nitrogen and oxygen atoms in total. The normalized spacial score (nSPS) is 33.7. The molecule has 192 valence electrons. The highest BCUT2D eigenvalue weighted by Crippen LogP contribution is 2.66. The van der Waals surface area contributed by atoms with Crippen LogP contribution in [0.4, 0.5) is 13.2 Å². The van der Waals surface area contributed by atoms with Crippen LogP contribution in [0.15, 0.2) is 29.2 Å². The molecule has 10 heteroatoms. The number of hydrogen-bond acceptors (Lipinski definition) is 4. The third-order valence-electron chi connectivity index (χ3n) is 9.04. The minimum atomic E-state index is -4.85. The highest BCUT2D eigenvalue weighted by atomic mass is 32.2.